The number of hydrogen-bond acceptors (Lipinski definition) is 1. The highest BCUT2D eigenvalue weighted by Crippen LogP contribution is 2.17. The minimum absolute atomic E-state index is 0.182. The van der Waals surface area contributed by atoms with Crippen LogP contribution in [0.3, 0.4) is 0 Å². The minimum Gasteiger partial charge on any atom is -0.481 e. The monoisotopic (exact) mass is 240 g/mol. The predicted octanol–water partition coefficient (Wildman–Crippen LogP) is 4.65. The van der Waals surface area contributed by atoms with E-state index in [0.717, 1.165) is 23.8 Å². The van der Waals surface area contributed by atoms with Crippen molar-refractivity contribution in [2.24, 2.45) is 11.8 Å². The van der Waals surface area contributed by atoms with Crippen molar-refractivity contribution in [3.63, 3.8) is 0 Å². The Labute approximate surface area is 106 Å². The normalized spacial score (nSPS) is 14.1. The van der Waals surface area contributed by atoms with Crippen LogP contribution in [0.1, 0.15) is 66.2 Å². The Morgan fingerprint density at radius 2 is 1.82 bits per heavy atom. The standard InChI is InChI=1S/C15H28O2/c1-12(2)7-5-8-13(3)9-6-10-14(4)11-15(16)17/h10,12-13H,5-9,11H2,1-4H3,(H,16,17)/b14-10-. The summed E-state index contributed by atoms with van der Waals surface area (Å²) >= 11 is 0. The van der Waals surface area contributed by atoms with Crippen LogP contribution in [0.2, 0.25) is 0 Å². The number of aliphatic carboxylic acids is 1. The maximum absolute atomic E-state index is 10.5. The maximum Gasteiger partial charge on any atom is 0.307 e. The van der Waals surface area contributed by atoms with Gasteiger partial charge in [-0.3, -0.25) is 4.79 Å². The van der Waals surface area contributed by atoms with Gasteiger partial charge in [0.1, 0.15) is 0 Å². The van der Waals surface area contributed by atoms with Gasteiger partial charge in [0.05, 0.1) is 6.42 Å². The van der Waals surface area contributed by atoms with Crippen LogP contribution in [0.15, 0.2) is 11.6 Å². The van der Waals surface area contributed by atoms with Crippen molar-refractivity contribution in [2.75, 3.05) is 0 Å². The van der Waals surface area contributed by atoms with Crippen molar-refractivity contribution < 1.29 is 9.90 Å². The molecule has 0 saturated carbocycles. The summed E-state index contributed by atoms with van der Waals surface area (Å²) in [5, 5.41) is 8.62. The first-order chi connectivity index (χ1) is 7.91. The summed E-state index contributed by atoms with van der Waals surface area (Å²) in [5.41, 5.74) is 0.979. The van der Waals surface area contributed by atoms with Gasteiger partial charge in [-0.1, -0.05) is 51.7 Å². The molecular formula is C15H28O2. The third kappa shape index (κ3) is 11.5. The van der Waals surface area contributed by atoms with Crippen molar-refractivity contribution in [1.82, 2.24) is 0 Å². The van der Waals surface area contributed by atoms with Crippen molar-refractivity contribution in [3.8, 4) is 0 Å². The number of carbonyl (C=O) groups is 1. The molecule has 0 aliphatic carbocycles. The van der Waals surface area contributed by atoms with Crippen molar-refractivity contribution in [2.45, 2.75) is 66.2 Å². The van der Waals surface area contributed by atoms with Gasteiger partial charge in [0, 0.05) is 0 Å². The predicted molar refractivity (Wildman–Crippen MR) is 73.1 cm³/mol. The Hall–Kier alpha value is -0.790. The van der Waals surface area contributed by atoms with Crippen LogP contribution in [0, 0.1) is 11.8 Å². The average Bonchev–Trinajstić information content (AvgIpc) is 2.15. The van der Waals surface area contributed by atoms with Crippen LogP contribution >= 0.6 is 0 Å². The molecule has 0 aliphatic rings. The van der Waals surface area contributed by atoms with Crippen LogP contribution in [0.5, 0.6) is 0 Å². The maximum atomic E-state index is 10.5. The number of allylic oxidation sites excluding steroid dienone is 1. The summed E-state index contributed by atoms with van der Waals surface area (Å²) in [6.45, 7) is 8.73. The molecule has 0 heterocycles. The lowest BCUT2D eigenvalue weighted by Gasteiger charge is -2.11. The summed E-state index contributed by atoms with van der Waals surface area (Å²) in [4.78, 5) is 10.5. The fourth-order valence-electron chi connectivity index (χ4n) is 1.94. The summed E-state index contributed by atoms with van der Waals surface area (Å²) in [6.07, 6.45) is 8.38. The molecule has 0 bridgehead atoms. The molecule has 0 radical (unpaired) electrons. The molecule has 0 saturated heterocycles. The zero-order valence-electron chi connectivity index (χ0n) is 11.8. The second kappa shape index (κ2) is 9.26. The highest BCUT2D eigenvalue weighted by atomic mass is 16.4. The van der Waals surface area contributed by atoms with Crippen LogP contribution in [-0.2, 0) is 4.79 Å². The Morgan fingerprint density at radius 1 is 1.18 bits per heavy atom. The lowest BCUT2D eigenvalue weighted by Crippen LogP contribution is -1.97. The fraction of sp³-hybridized carbons (Fsp3) is 0.800. The van der Waals surface area contributed by atoms with Crippen molar-refractivity contribution in [1.29, 1.82) is 0 Å². The van der Waals surface area contributed by atoms with Crippen molar-refractivity contribution >= 4 is 5.97 Å². The molecule has 2 nitrogen and oxygen atoms in total. The fourth-order valence-corrected chi connectivity index (χ4v) is 1.94. The molecule has 0 rings (SSSR count). The van der Waals surface area contributed by atoms with Gasteiger partial charge in [-0.05, 0) is 31.6 Å². The largest absolute Gasteiger partial charge is 0.481 e. The van der Waals surface area contributed by atoms with Crippen LogP contribution in [0.4, 0.5) is 0 Å². The van der Waals surface area contributed by atoms with Gasteiger partial charge in [-0.2, -0.15) is 0 Å². The molecule has 17 heavy (non-hydrogen) atoms. The molecule has 100 valence electrons. The Balaban J connectivity index is 3.62. The molecule has 0 amide bonds. The lowest BCUT2D eigenvalue weighted by atomic mass is 9.95. The minimum atomic E-state index is -0.733. The van der Waals surface area contributed by atoms with E-state index in [1.807, 2.05) is 6.92 Å². The van der Waals surface area contributed by atoms with E-state index in [1.165, 1.54) is 25.7 Å². The van der Waals surface area contributed by atoms with E-state index in [9.17, 15) is 4.79 Å². The number of hydrogen-bond donors (Lipinski definition) is 1. The van der Waals surface area contributed by atoms with E-state index in [1.54, 1.807) is 0 Å². The van der Waals surface area contributed by atoms with Gasteiger partial charge in [-0.15, -0.1) is 0 Å². The smallest absolute Gasteiger partial charge is 0.307 e. The van der Waals surface area contributed by atoms with Crippen molar-refractivity contribution in [3.05, 3.63) is 11.6 Å². The molecule has 0 spiro atoms. The van der Waals surface area contributed by atoms with Crippen LogP contribution in [0.25, 0.3) is 0 Å². The third-order valence-corrected chi connectivity index (χ3v) is 3.06. The zero-order chi connectivity index (χ0) is 13.3. The van der Waals surface area contributed by atoms with Crippen LogP contribution in [-0.4, -0.2) is 11.1 Å². The molecule has 1 atom stereocenters. The summed E-state index contributed by atoms with van der Waals surface area (Å²) in [6, 6.07) is 0. The quantitative estimate of drug-likeness (QED) is 0.596. The van der Waals surface area contributed by atoms with Gasteiger partial charge in [0.25, 0.3) is 0 Å². The molecule has 0 aliphatic heterocycles. The number of carboxylic acids is 1. The highest BCUT2D eigenvalue weighted by molar-refractivity contribution is 5.69. The Kier molecular flexibility index (Phi) is 8.83. The summed E-state index contributed by atoms with van der Waals surface area (Å²) in [7, 11) is 0. The molecule has 0 aromatic heterocycles. The average molecular weight is 240 g/mol. The van der Waals surface area contributed by atoms with Gasteiger partial charge in [-0.25, -0.2) is 0 Å². The van der Waals surface area contributed by atoms with Gasteiger partial charge in [0.15, 0.2) is 0 Å². The molecule has 1 unspecified atom stereocenters. The first kappa shape index (κ1) is 16.2. The second-order valence-corrected chi connectivity index (χ2v) is 5.63. The summed E-state index contributed by atoms with van der Waals surface area (Å²) in [5.74, 6) is 0.825. The van der Waals surface area contributed by atoms with Crippen LogP contribution < -0.4 is 0 Å². The first-order valence-corrected chi connectivity index (χ1v) is 6.79. The lowest BCUT2D eigenvalue weighted by molar-refractivity contribution is -0.136. The summed E-state index contributed by atoms with van der Waals surface area (Å²) < 4.78 is 0. The van der Waals surface area contributed by atoms with E-state index < -0.39 is 5.97 Å². The Morgan fingerprint density at radius 3 is 2.35 bits per heavy atom. The Bertz CT molecular complexity index is 241. The number of carboxylic acid groups (broad SMARTS) is 1. The molecule has 0 aromatic rings. The van der Waals surface area contributed by atoms with E-state index >= 15 is 0 Å². The molecule has 2 heteroatoms. The van der Waals surface area contributed by atoms with Gasteiger partial charge < -0.3 is 5.11 Å². The third-order valence-electron chi connectivity index (χ3n) is 3.06. The van der Waals surface area contributed by atoms with E-state index in [-0.39, 0.29) is 6.42 Å². The van der Waals surface area contributed by atoms with E-state index in [2.05, 4.69) is 26.8 Å². The topological polar surface area (TPSA) is 37.3 Å². The molecule has 0 fully saturated rings. The second-order valence-electron chi connectivity index (χ2n) is 5.63. The van der Waals surface area contributed by atoms with Gasteiger partial charge >= 0.3 is 5.97 Å². The molecule has 0 aromatic carbocycles. The first-order valence-electron chi connectivity index (χ1n) is 6.79. The van der Waals surface area contributed by atoms with Gasteiger partial charge in [0.2, 0.25) is 0 Å². The van der Waals surface area contributed by atoms with E-state index in [0.29, 0.717) is 0 Å². The number of rotatable bonds is 9. The highest BCUT2D eigenvalue weighted by Gasteiger charge is 2.03. The molecular weight excluding hydrogens is 212 g/mol. The zero-order valence-corrected chi connectivity index (χ0v) is 11.8. The SMILES string of the molecule is C/C(=C/CCC(C)CCCC(C)C)CC(=O)O. The van der Waals surface area contributed by atoms with E-state index in [4.69, 9.17) is 5.11 Å². The molecule has 1 N–H and O–H groups in total.